The fourth-order valence-corrected chi connectivity index (χ4v) is 5.13. The molecule has 2 N–H and O–H groups in total. The molecule has 1 aliphatic rings. The number of halogens is 1. The molecule has 2 aromatic rings. The summed E-state index contributed by atoms with van der Waals surface area (Å²) < 4.78 is 35.1. The molecule has 1 aromatic carbocycles. The first kappa shape index (κ1) is 26.6. The van der Waals surface area contributed by atoms with Gasteiger partial charge in [-0.25, -0.2) is 13.1 Å². The summed E-state index contributed by atoms with van der Waals surface area (Å²) in [5.74, 6) is 0.706. The Hall–Kier alpha value is -1.70. The minimum Gasteiger partial charge on any atom is -0.370 e. The number of hydrogen-bond donors (Lipinski definition) is 2. The van der Waals surface area contributed by atoms with Crippen LogP contribution in [-0.4, -0.2) is 61.8 Å². The van der Waals surface area contributed by atoms with Crippen LogP contribution in [0.15, 0.2) is 41.7 Å². The van der Waals surface area contributed by atoms with E-state index in [9.17, 15) is 8.42 Å². The molecule has 1 unspecified atom stereocenters. The molecule has 0 aliphatic carbocycles. The Balaban J connectivity index is 0.00000363. The quantitative estimate of drug-likeness (QED) is 0.297. The molecule has 178 valence electrons. The first-order chi connectivity index (χ1) is 14.8. The Labute approximate surface area is 207 Å². The zero-order valence-electron chi connectivity index (χ0n) is 19.0. The second-order valence-electron chi connectivity index (χ2n) is 7.95. The molecular formula is C21H33IN6O3S. The molecule has 0 amide bonds. The summed E-state index contributed by atoms with van der Waals surface area (Å²) in [5.41, 5.74) is 2.74. The molecule has 1 fully saturated rings. The van der Waals surface area contributed by atoms with E-state index in [2.05, 4.69) is 25.0 Å². The molecule has 1 aliphatic heterocycles. The zero-order chi connectivity index (χ0) is 22.4. The number of guanidine groups is 1. The Bertz CT molecular complexity index is 1010. The summed E-state index contributed by atoms with van der Waals surface area (Å²) in [6.45, 7) is 6.10. The predicted molar refractivity (Wildman–Crippen MR) is 136 cm³/mol. The van der Waals surface area contributed by atoms with E-state index in [4.69, 9.17) is 4.74 Å². The van der Waals surface area contributed by atoms with E-state index in [-0.39, 0.29) is 41.9 Å². The third-order valence-corrected chi connectivity index (χ3v) is 6.51. The van der Waals surface area contributed by atoms with Gasteiger partial charge in [0.2, 0.25) is 10.0 Å². The highest BCUT2D eigenvalue weighted by Crippen LogP contribution is 2.21. The number of rotatable bonds is 7. The summed E-state index contributed by atoms with van der Waals surface area (Å²) in [6.07, 6.45) is 3.72. The average molecular weight is 577 g/mol. The number of nitrogens with one attached hydrogen (secondary N) is 2. The molecule has 32 heavy (non-hydrogen) atoms. The largest absolute Gasteiger partial charge is 0.370 e. The van der Waals surface area contributed by atoms with Crippen LogP contribution in [0, 0.1) is 0 Å². The SMILES string of the molecule is CN=C(NCc1ccccc1CS(=O)(=O)NC(C)C)N1CCOC(c2cnn(C)c2)C1.I. The topological polar surface area (TPSA) is 101 Å². The first-order valence-corrected chi connectivity index (χ1v) is 12.0. The molecular weight excluding hydrogens is 543 g/mol. The number of hydrogen-bond acceptors (Lipinski definition) is 5. The van der Waals surface area contributed by atoms with E-state index >= 15 is 0 Å². The number of sulfonamides is 1. The molecule has 2 heterocycles. The van der Waals surface area contributed by atoms with Crippen LogP contribution >= 0.6 is 24.0 Å². The van der Waals surface area contributed by atoms with Gasteiger partial charge in [-0.1, -0.05) is 24.3 Å². The molecule has 3 rings (SSSR count). The molecule has 9 nitrogen and oxygen atoms in total. The molecule has 0 bridgehead atoms. The summed E-state index contributed by atoms with van der Waals surface area (Å²) in [6, 6.07) is 7.44. The lowest BCUT2D eigenvalue weighted by Gasteiger charge is -2.34. The summed E-state index contributed by atoms with van der Waals surface area (Å²) >= 11 is 0. The summed E-state index contributed by atoms with van der Waals surface area (Å²) in [4.78, 5) is 6.58. The van der Waals surface area contributed by atoms with Gasteiger partial charge in [0.15, 0.2) is 5.96 Å². The van der Waals surface area contributed by atoms with Gasteiger partial charge < -0.3 is 15.0 Å². The minimum atomic E-state index is -3.40. The van der Waals surface area contributed by atoms with Crippen LogP contribution < -0.4 is 10.0 Å². The van der Waals surface area contributed by atoms with Crippen molar-refractivity contribution in [1.82, 2.24) is 24.7 Å². The number of benzene rings is 1. The van der Waals surface area contributed by atoms with Crippen LogP contribution in [-0.2, 0) is 34.1 Å². The lowest BCUT2D eigenvalue weighted by molar-refractivity contribution is -0.00805. The highest BCUT2D eigenvalue weighted by atomic mass is 127. The van der Waals surface area contributed by atoms with Crippen molar-refractivity contribution < 1.29 is 13.2 Å². The van der Waals surface area contributed by atoms with Crippen molar-refractivity contribution in [3.63, 3.8) is 0 Å². The zero-order valence-corrected chi connectivity index (χ0v) is 22.1. The van der Waals surface area contributed by atoms with E-state index in [1.165, 1.54) is 0 Å². The van der Waals surface area contributed by atoms with Gasteiger partial charge in [0.1, 0.15) is 6.10 Å². The van der Waals surface area contributed by atoms with Crippen LogP contribution in [0.4, 0.5) is 0 Å². The Kier molecular flexibility index (Phi) is 9.92. The second kappa shape index (κ2) is 12.0. The number of aryl methyl sites for hydroxylation is 1. The molecule has 0 saturated carbocycles. The lowest BCUT2D eigenvalue weighted by Crippen LogP contribution is -2.48. The minimum absolute atomic E-state index is 0. The van der Waals surface area contributed by atoms with Crippen molar-refractivity contribution in [2.24, 2.45) is 12.0 Å². The van der Waals surface area contributed by atoms with Crippen molar-refractivity contribution in [2.75, 3.05) is 26.7 Å². The van der Waals surface area contributed by atoms with Crippen molar-refractivity contribution in [3.8, 4) is 0 Å². The van der Waals surface area contributed by atoms with Gasteiger partial charge in [0.25, 0.3) is 0 Å². The Morgan fingerprint density at radius 1 is 1.31 bits per heavy atom. The number of ether oxygens (including phenoxy) is 1. The van der Waals surface area contributed by atoms with Gasteiger partial charge in [0, 0.05) is 45.0 Å². The van der Waals surface area contributed by atoms with Gasteiger partial charge in [-0.15, -0.1) is 24.0 Å². The van der Waals surface area contributed by atoms with Crippen LogP contribution in [0.25, 0.3) is 0 Å². The smallest absolute Gasteiger partial charge is 0.216 e. The average Bonchev–Trinajstić information content (AvgIpc) is 3.15. The van der Waals surface area contributed by atoms with Crippen molar-refractivity contribution in [3.05, 3.63) is 53.3 Å². The van der Waals surface area contributed by atoms with Crippen LogP contribution in [0.1, 0.15) is 36.6 Å². The molecule has 1 aromatic heterocycles. The molecule has 0 radical (unpaired) electrons. The monoisotopic (exact) mass is 576 g/mol. The number of aromatic nitrogens is 2. The van der Waals surface area contributed by atoms with Crippen LogP contribution in [0.5, 0.6) is 0 Å². The van der Waals surface area contributed by atoms with Crippen molar-refractivity contribution in [2.45, 2.75) is 38.3 Å². The molecule has 1 atom stereocenters. The third-order valence-electron chi connectivity index (χ3n) is 4.99. The number of aliphatic imine (C=N–C) groups is 1. The van der Waals surface area contributed by atoms with Gasteiger partial charge in [0.05, 0.1) is 25.1 Å². The maximum absolute atomic E-state index is 12.4. The van der Waals surface area contributed by atoms with E-state index in [1.54, 1.807) is 11.7 Å². The van der Waals surface area contributed by atoms with Crippen molar-refractivity contribution in [1.29, 1.82) is 0 Å². The van der Waals surface area contributed by atoms with Crippen LogP contribution in [0.2, 0.25) is 0 Å². The van der Waals surface area contributed by atoms with Gasteiger partial charge in [-0.3, -0.25) is 9.67 Å². The maximum Gasteiger partial charge on any atom is 0.216 e. The van der Waals surface area contributed by atoms with E-state index < -0.39 is 10.0 Å². The number of nitrogens with zero attached hydrogens (tertiary/aromatic N) is 4. The molecule has 0 spiro atoms. The van der Waals surface area contributed by atoms with Gasteiger partial charge in [-0.05, 0) is 25.0 Å². The molecule has 11 heteroatoms. The first-order valence-electron chi connectivity index (χ1n) is 10.4. The van der Waals surface area contributed by atoms with Gasteiger partial charge in [-0.2, -0.15) is 5.10 Å². The Morgan fingerprint density at radius 3 is 2.66 bits per heavy atom. The summed E-state index contributed by atoms with van der Waals surface area (Å²) in [5, 5.41) is 7.62. The summed E-state index contributed by atoms with van der Waals surface area (Å²) in [7, 11) is 0.238. The lowest BCUT2D eigenvalue weighted by atomic mass is 10.1. The fraction of sp³-hybridized carbons (Fsp3) is 0.524. The van der Waals surface area contributed by atoms with Crippen molar-refractivity contribution >= 4 is 40.0 Å². The highest BCUT2D eigenvalue weighted by molar-refractivity contribution is 14.0. The third kappa shape index (κ3) is 7.42. The van der Waals surface area contributed by atoms with Gasteiger partial charge >= 0.3 is 0 Å². The second-order valence-corrected chi connectivity index (χ2v) is 9.71. The standard InChI is InChI=1S/C21H32N6O3S.HI/c1-16(2)25-31(28,29)15-18-8-6-5-7-17(18)11-23-21(22-3)27-9-10-30-20(14-27)19-12-24-26(4)13-19;/h5-8,12-13,16,20,25H,9-11,14-15H2,1-4H3,(H,22,23);1H. The molecule has 1 saturated heterocycles. The Morgan fingerprint density at radius 2 is 2.03 bits per heavy atom. The predicted octanol–water partition coefficient (Wildman–Crippen LogP) is 2.01. The normalized spacial score (nSPS) is 17.3. The van der Waals surface area contributed by atoms with E-state index in [0.717, 1.165) is 29.2 Å². The van der Waals surface area contributed by atoms with Crippen LogP contribution in [0.3, 0.4) is 0 Å². The maximum atomic E-state index is 12.4. The van der Waals surface area contributed by atoms with E-state index in [1.807, 2.05) is 57.6 Å². The highest BCUT2D eigenvalue weighted by Gasteiger charge is 2.25. The fourth-order valence-electron chi connectivity index (χ4n) is 3.63. The number of morpholine rings is 1. The van der Waals surface area contributed by atoms with E-state index in [0.29, 0.717) is 19.7 Å².